The summed E-state index contributed by atoms with van der Waals surface area (Å²) in [6.07, 6.45) is 1.61. The Morgan fingerprint density at radius 2 is 2.21 bits per heavy atom. The molecule has 0 bridgehead atoms. The van der Waals surface area contributed by atoms with Gasteiger partial charge >= 0.3 is 5.97 Å². The first-order valence-corrected chi connectivity index (χ1v) is 6.29. The third kappa shape index (κ3) is 3.14. The summed E-state index contributed by atoms with van der Waals surface area (Å²) in [5.41, 5.74) is 6.69. The molecule has 19 heavy (non-hydrogen) atoms. The number of halogens is 2. The van der Waals surface area contributed by atoms with Crippen LogP contribution in [0.2, 0.25) is 0 Å². The number of benzene rings is 1. The highest BCUT2D eigenvalue weighted by atomic mass is 79.9. The molecule has 100 valence electrons. The number of nitrogens with zero attached hydrogens (tertiary/aromatic N) is 1. The van der Waals surface area contributed by atoms with E-state index in [1.807, 2.05) is 0 Å². The monoisotopic (exact) mass is 326 g/mol. The number of carbonyl (C=O) groups excluding carboxylic acids is 1. The van der Waals surface area contributed by atoms with Crippen LogP contribution in [-0.2, 0) is 18.4 Å². The van der Waals surface area contributed by atoms with Crippen molar-refractivity contribution in [2.24, 2.45) is 7.05 Å². The van der Waals surface area contributed by atoms with E-state index in [4.69, 9.17) is 10.5 Å². The molecule has 0 spiro atoms. The van der Waals surface area contributed by atoms with E-state index in [0.717, 1.165) is 4.47 Å². The molecule has 1 heterocycles. The van der Waals surface area contributed by atoms with E-state index < -0.39 is 11.8 Å². The van der Waals surface area contributed by atoms with Crippen LogP contribution in [0.3, 0.4) is 0 Å². The number of ether oxygens (including phenoxy) is 1. The van der Waals surface area contributed by atoms with Crippen molar-refractivity contribution < 1.29 is 13.9 Å². The first-order chi connectivity index (χ1) is 8.97. The largest absolute Gasteiger partial charge is 0.456 e. The molecule has 0 saturated heterocycles. The fraction of sp³-hybridized carbons (Fsp3) is 0.154. The Morgan fingerprint density at radius 3 is 2.84 bits per heavy atom. The lowest BCUT2D eigenvalue weighted by Gasteiger charge is -2.07. The van der Waals surface area contributed by atoms with E-state index in [1.54, 1.807) is 29.9 Å². The zero-order valence-corrected chi connectivity index (χ0v) is 11.8. The number of nitrogens with two attached hydrogens (primary N) is 1. The van der Waals surface area contributed by atoms with Crippen LogP contribution in [0.25, 0.3) is 0 Å². The number of nitrogen functional groups attached to an aromatic ring is 1. The number of aromatic nitrogens is 1. The highest BCUT2D eigenvalue weighted by Gasteiger charge is 2.13. The van der Waals surface area contributed by atoms with Crippen molar-refractivity contribution in [1.29, 1.82) is 0 Å². The topological polar surface area (TPSA) is 57.2 Å². The quantitative estimate of drug-likeness (QED) is 0.882. The van der Waals surface area contributed by atoms with Crippen LogP contribution in [0.1, 0.15) is 16.1 Å². The Labute approximate surface area is 118 Å². The van der Waals surface area contributed by atoms with Crippen LogP contribution in [0.5, 0.6) is 0 Å². The van der Waals surface area contributed by atoms with Gasteiger partial charge in [-0.1, -0.05) is 15.9 Å². The first-order valence-electron chi connectivity index (χ1n) is 5.50. The van der Waals surface area contributed by atoms with Crippen LogP contribution < -0.4 is 5.73 Å². The smallest absolute Gasteiger partial charge is 0.355 e. The van der Waals surface area contributed by atoms with Crippen molar-refractivity contribution in [3.8, 4) is 0 Å². The Bertz CT molecular complexity index is 625. The van der Waals surface area contributed by atoms with Crippen molar-refractivity contribution in [2.45, 2.75) is 6.61 Å². The number of carbonyl (C=O) groups is 1. The van der Waals surface area contributed by atoms with Crippen molar-refractivity contribution in [1.82, 2.24) is 4.57 Å². The lowest BCUT2D eigenvalue weighted by molar-refractivity contribution is 0.0457. The van der Waals surface area contributed by atoms with E-state index in [0.29, 0.717) is 16.9 Å². The van der Waals surface area contributed by atoms with Crippen LogP contribution in [-0.4, -0.2) is 10.5 Å². The zero-order valence-electron chi connectivity index (χ0n) is 10.2. The second-order valence-corrected chi connectivity index (χ2v) is 5.00. The summed E-state index contributed by atoms with van der Waals surface area (Å²) in [7, 11) is 1.69. The first kappa shape index (κ1) is 13.6. The molecular weight excluding hydrogens is 315 g/mol. The van der Waals surface area contributed by atoms with Crippen LogP contribution in [0.15, 0.2) is 34.9 Å². The van der Waals surface area contributed by atoms with Gasteiger partial charge in [0, 0.05) is 23.3 Å². The van der Waals surface area contributed by atoms with E-state index in [-0.39, 0.29) is 6.61 Å². The van der Waals surface area contributed by atoms with Gasteiger partial charge in [-0.25, -0.2) is 9.18 Å². The van der Waals surface area contributed by atoms with Crippen LogP contribution in [0.4, 0.5) is 10.1 Å². The van der Waals surface area contributed by atoms with E-state index in [9.17, 15) is 9.18 Å². The molecule has 0 aliphatic carbocycles. The predicted molar refractivity (Wildman–Crippen MR) is 73.0 cm³/mol. The molecule has 0 radical (unpaired) electrons. The van der Waals surface area contributed by atoms with Gasteiger partial charge in [-0.2, -0.15) is 0 Å². The second kappa shape index (κ2) is 5.44. The summed E-state index contributed by atoms with van der Waals surface area (Å²) >= 11 is 3.24. The fourth-order valence-corrected chi connectivity index (χ4v) is 2.07. The molecule has 0 amide bonds. The van der Waals surface area contributed by atoms with Crippen LogP contribution in [0, 0.1) is 5.82 Å². The third-order valence-corrected chi connectivity index (χ3v) is 3.10. The number of aryl methyl sites for hydroxylation is 1. The number of esters is 1. The Balaban J connectivity index is 2.08. The van der Waals surface area contributed by atoms with Crippen molar-refractivity contribution in [2.75, 3.05) is 5.73 Å². The molecule has 2 aromatic rings. The summed E-state index contributed by atoms with van der Waals surface area (Å²) in [4.78, 5) is 11.8. The van der Waals surface area contributed by atoms with Crippen LogP contribution >= 0.6 is 15.9 Å². The summed E-state index contributed by atoms with van der Waals surface area (Å²) in [5.74, 6) is -0.957. The fourth-order valence-electron chi connectivity index (χ4n) is 1.66. The maximum atomic E-state index is 13.5. The van der Waals surface area contributed by atoms with Gasteiger partial charge in [-0.05, 0) is 24.3 Å². The predicted octanol–water partition coefficient (Wildman–Crippen LogP) is 2.87. The van der Waals surface area contributed by atoms with Gasteiger partial charge in [0.25, 0.3) is 0 Å². The van der Waals surface area contributed by atoms with Crippen molar-refractivity contribution >= 4 is 27.6 Å². The van der Waals surface area contributed by atoms with Crippen molar-refractivity contribution in [3.05, 3.63) is 52.0 Å². The highest BCUT2D eigenvalue weighted by molar-refractivity contribution is 9.10. The molecule has 2 rings (SSSR count). The van der Waals surface area contributed by atoms with E-state index >= 15 is 0 Å². The lowest BCUT2D eigenvalue weighted by Crippen LogP contribution is -2.10. The standard InChI is InChI=1S/C13H12BrFN2O2/c1-17-6-10(16)5-12(17)13(18)19-7-8-4-9(14)2-3-11(8)15/h2-6H,7,16H2,1H3. The molecule has 1 aromatic heterocycles. The minimum atomic E-state index is -0.543. The van der Waals surface area contributed by atoms with E-state index in [1.165, 1.54) is 12.1 Å². The number of rotatable bonds is 3. The SMILES string of the molecule is Cn1cc(N)cc1C(=O)OCc1cc(Br)ccc1F. The molecule has 0 saturated carbocycles. The lowest BCUT2D eigenvalue weighted by atomic mass is 10.2. The molecule has 6 heteroatoms. The van der Waals surface area contributed by atoms with Gasteiger partial charge in [0.1, 0.15) is 18.1 Å². The summed E-state index contributed by atoms with van der Waals surface area (Å²) in [6, 6.07) is 5.98. The molecule has 0 aliphatic heterocycles. The molecular formula is C13H12BrFN2O2. The molecule has 0 aliphatic rings. The minimum absolute atomic E-state index is 0.130. The Morgan fingerprint density at radius 1 is 1.47 bits per heavy atom. The average Bonchev–Trinajstić information content (AvgIpc) is 2.69. The second-order valence-electron chi connectivity index (χ2n) is 4.08. The van der Waals surface area contributed by atoms with E-state index in [2.05, 4.69) is 15.9 Å². The maximum Gasteiger partial charge on any atom is 0.355 e. The van der Waals surface area contributed by atoms with Crippen molar-refractivity contribution in [3.63, 3.8) is 0 Å². The number of hydrogen-bond donors (Lipinski definition) is 1. The van der Waals surface area contributed by atoms with Gasteiger partial charge < -0.3 is 15.0 Å². The minimum Gasteiger partial charge on any atom is -0.456 e. The summed E-state index contributed by atoms with van der Waals surface area (Å²) < 4.78 is 20.8. The molecule has 4 nitrogen and oxygen atoms in total. The summed E-state index contributed by atoms with van der Waals surface area (Å²) in [5, 5.41) is 0. The maximum absolute atomic E-state index is 13.5. The van der Waals surface area contributed by atoms with Gasteiger partial charge in [-0.3, -0.25) is 0 Å². The number of hydrogen-bond acceptors (Lipinski definition) is 3. The zero-order chi connectivity index (χ0) is 14.0. The third-order valence-electron chi connectivity index (χ3n) is 2.60. The number of anilines is 1. The van der Waals surface area contributed by atoms with Gasteiger partial charge in [0.15, 0.2) is 0 Å². The molecule has 0 unspecified atom stereocenters. The Hall–Kier alpha value is -1.82. The molecule has 1 aromatic carbocycles. The van der Waals surface area contributed by atoms with Gasteiger partial charge in [0.05, 0.1) is 5.69 Å². The Kier molecular flexibility index (Phi) is 3.90. The molecule has 0 fully saturated rings. The molecule has 2 N–H and O–H groups in total. The summed E-state index contributed by atoms with van der Waals surface area (Å²) in [6.45, 7) is -0.130. The average molecular weight is 327 g/mol. The normalized spacial score (nSPS) is 10.5. The van der Waals surface area contributed by atoms with Gasteiger partial charge in [0.2, 0.25) is 0 Å². The molecule has 0 atom stereocenters. The van der Waals surface area contributed by atoms with Gasteiger partial charge in [-0.15, -0.1) is 0 Å². The highest BCUT2D eigenvalue weighted by Crippen LogP contribution is 2.17.